The van der Waals surface area contributed by atoms with E-state index in [4.69, 9.17) is 0 Å². The van der Waals surface area contributed by atoms with E-state index in [1.807, 2.05) is 24.3 Å². The highest BCUT2D eigenvalue weighted by atomic mass is 15.1. The first kappa shape index (κ1) is 21.9. The first-order valence-electron chi connectivity index (χ1n) is 12.3. The highest BCUT2D eigenvalue weighted by Crippen LogP contribution is 2.44. The van der Waals surface area contributed by atoms with Crippen LogP contribution in [0.2, 0.25) is 0 Å². The van der Waals surface area contributed by atoms with Crippen LogP contribution in [0, 0.1) is 32.1 Å². The smallest absolute Gasteiger partial charge is 0.0991 e. The Morgan fingerprint density at radius 2 is 1.08 bits per heavy atom. The summed E-state index contributed by atoms with van der Waals surface area (Å²) in [4.78, 5) is 2.33. The Morgan fingerprint density at radius 3 is 1.72 bits per heavy atom. The zero-order chi connectivity index (χ0) is 24.8. The lowest BCUT2D eigenvalue weighted by Gasteiger charge is -2.28. The number of nitriles is 1. The van der Waals surface area contributed by atoms with Gasteiger partial charge >= 0.3 is 0 Å². The molecule has 2 nitrogen and oxygen atoms in total. The molecular weight excluding hydrogens is 436 g/mol. The molecule has 0 bridgehead atoms. The van der Waals surface area contributed by atoms with E-state index < -0.39 is 0 Å². The lowest BCUT2D eigenvalue weighted by Crippen LogP contribution is -2.11. The third kappa shape index (κ3) is 3.58. The number of rotatable bonds is 3. The van der Waals surface area contributed by atoms with Gasteiger partial charge in [-0.1, -0.05) is 60.7 Å². The molecule has 0 unspecified atom stereocenters. The molecule has 0 aromatic heterocycles. The van der Waals surface area contributed by atoms with Crippen molar-refractivity contribution in [3.63, 3.8) is 0 Å². The third-order valence-electron chi connectivity index (χ3n) is 7.03. The van der Waals surface area contributed by atoms with E-state index in [1.165, 1.54) is 49.0 Å². The monoisotopic (exact) mass is 462 g/mol. The molecule has 0 heterocycles. The van der Waals surface area contributed by atoms with Crippen molar-refractivity contribution in [3.8, 4) is 6.07 Å². The average Bonchev–Trinajstić information content (AvgIpc) is 2.89. The summed E-state index contributed by atoms with van der Waals surface area (Å²) >= 11 is 0. The van der Waals surface area contributed by atoms with Crippen LogP contribution in [0.15, 0.2) is 103 Å². The summed E-state index contributed by atoms with van der Waals surface area (Å²) < 4.78 is 0. The van der Waals surface area contributed by atoms with Crippen LogP contribution in [0.5, 0.6) is 0 Å². The van der Waals surface area contributed by atoms with Gasteiger partial charge in [-0.3, -0.25) is 0 Å². The molecule has 2 heteroatoms. The Balaban J connectivity index is 1.76. The van der Waals surface area contributed by atoms with Crippen molar-refractivity contribution in [1.29, 1.82) is 5.26 Å². The topological polar surface area (TPSA) is 27.0 Å². The summed E-state index contributed by atoms with van der Waals surface area (Å²) in [6, 6.07) is 38.8. The van der Waals surface area contributed by atoms with Crippen LogP contribution in [-0.2, 0) is 0 Å². The van der Waals surface area contributed by atoms with Crippen LogP contribution in [0.4, 0.5) is 17.1 Å². The molecule has 6 rings (SSSR count). The maximum Gasteiger partial charge on any atom is 0.0991 e. The van der Waals surface area contributed by atoms with Crippen molar-refractivity contribution in [2.45, 2.75) is 20.8 Å². The van der Waals surface area contributed by atoms with Crippen LogP contribution < -0.4 is 4.90 Å². The van der Waals surface area contributed by atoms with Crippen molar-refractivity contribution in [3.05, 3.63) is 125 Å². The van der Waals surface area contributed by atoms with Gasteiger partial charge in [0.25, 0.3) is 0 Å². The lowest BCUT2D eigenvalue weighted by atomic mass is 9.92. The van der Waals surface area contributed by atoms with E-state index in [2.05, 4.69) is 111 Å². The fraction of sp³-hybridized carbons (Fsp3) is 0.0882. The molecule has 6 aromatic rings. The first-order chi connectivity index (χ1) is 17.5. The molecule has 0 aliphatic heterocycles. The Morgan fingerprint density at radius 1 is 0.528 bits per heavy atom. The van der Waals surface area contributed by atoms with E-state index in [0.717, 1.165) is 17.1 Å². The molecule has 0 saturated carbocycles. The number of hydrogen-bond donors (Lipinski definition) is 0. The van der Waals surface area contributed by atoms with Crippen LogP contribution >= 0.6 is 0 Å². The minimum atomic E-state index is 0.656. The second kappa shape index (κ2) is 8.56. The predicted molar refractivity (Wildman–Crippen MR) is 153 cm³/mol. The average molecular weight is 463 g/mol. The Kier molecular flexibility index (Phi) is 5.20. The molecule has 0 aliphatic carbocycles. The number of hydrogen-bond acceptors (Lipinski definition) is 2. The zero-order valence-corrected chi connectivity index (χ0v) is 20.7. The van der Waals surface area contributed by atoms with Crippen molar-refractivity contribution in [1.82, 2.24) is 0 Å². The van der Waals surface area contributed by atoms with Crippen molar-refractivity contribution in [2.75, 3.05) is 4.90 Å². The fourth-order valence-electron chi connectivity index (χ4n) is 5.49. The van der Waals surface area contributed by atoms with E-state index >= 15 is 0 Å². The van der Waals surface area contributed by atoms with Crippen molar-refractivity contribution < 1.29 is 0 Å². The maximum atomic E-state index is 9.39. The number of fused-ring (bicyclic) bond motifs is 5. The van der Waals surface area contributed by atoms with Gasteiger partial charge < -0.3 is 4.90 Å². The maximum absolute atomic E-state index is 9.39. The standard InChI is InChI=1S/C34H26N2/c1-22-16-23(2)18-27(17-22)36(26-14-12-25(21-35)13-15-26)34-20-33-29-9-5-4-8-28(29)24(3)19-32(33)30-10-6-7-11-31(30)34/h4-20H,1-3H3. The van der Waals surface area contributed by atoms with E-state index in [9.17, 15) is 5.26 Å². The summed E-state index contributed by atoms with van der Waals surface area (Å²) in [6.07, 6.45) is 0. The van der Waals surface area contributed by atoms with Crippen LogP contribution in [0.1, 0.15) is 22.3 Å². The molecule has 0 atom stereocenters. The van der Waals surface area contributed by atoms with Gasteiger partial charge in [0.15, 0.2) is 0 Å². The summed E-state index contributed by atoms with van der Waals surface area (Å²) in [6.45, 7) is 6.48. The van der Waals surface area contributed by atoms with Gasteiger partial charge in [-0.05, 0) is 107 Å². The zero-order valence-electron chi connectivity index (χ0n) is 20.7. The quantitative estimate of drug-likeness (QED) is 0.245. The van der Waals surface area contributed by atoms with Gasteiger partial charge in [0.2, 0.25) is 0 Å². The first-order valence-corrected chi connectivity index (χ1v) is 12.3. The second-order valence-corrected chi connectivity index (χ2v) is 9.62. The molecule has 0 saturated heterocycles. The van der Waals surface area contributed by atoms with E-state index in [0.29, 0.717) is 5.56 Å². The Hall–Kier alpha value is -4.61. The molecule has 0 radical (unpaired) electrons. The predicted octanol–water partition coefficient (Wildman–Crippen LogP) is 9.41. The molecule has 0 N–H and O–H groups in total. The molecule has 6 aromatic carbocycles. The minimum absolute atomic E-state index is 0.656. The summed E-state index contributed by atoms with van der Waals surface area (Å²) in [5.41, 5.74) is 7.64. The largest absolute Gasteiger partial charge is 0.310 e. The molecule has 172 valence electrons. The van der Waals surface area contributed by atoms with Gasteiger partial charge in [-0.25, -0.2) is 0 Å². The van der Waals surface area contributed by atoms with Crippen LogP contribution in [0.3, 0.4) is 0 Å². The lowest BCUT2D eigenvalue weighted by molar-refractivity contribution is 1.26. The van der Waals surface area contributed by atoms with Gasteiger partial charge in [0, 0.05) is 16.8 Å². The van der Waals surface area contributed by atoms with Crippen LogP contribution in [0.25, 0.3) is 32.3 Å². The number of anilines is 3. The van der Waals surface area contributed by atoms with E-state index in [-0.39, 0.29) is 0 Å². The SMILES string of the molecule is Cc1cc(C)cc(N(c2ccc(C#N)cc2)c2cc3c4ccccc4c(C)cc3c3ccccc23)c1. The molecule has 0 fully saturated rings. The molecular formula is C34H26N2. The van der Waals surface area contributed by atoms with Crippen molar-refractivity contribution in [2.24, 2.45) is 0 Å². The molecule has 0 amide bonds. The van der Waals surface area contributed by atoms with Gasteiger partial charge in [-0.15, -0.1) is 0 Å². The van der Waals surface area contributed by atoms with Gasteiger partial charge in [0.05, 0.1) is 17.3 Å². The highest BCUT2D eigenvalue weighted by molar-refractivity contribution is 6.22. The minimum Gasteiger partial charge on any atom is -0.310 e. The Labute approximate surface area is 211 Å². The van der Waals surface area contributed by atoms with Crippen LogP contribution in [-0.4, -0.2) is 0 Å². The van der Waals surface area contributed by atoms with Gasteiger partial charge in [-0.2, -0.15) is 5.26 Å². The Bertz CT molecular complexity index is 1800. The number of aryl methyl sites for hydroxylation is 3. The van der Waals surface area contributed by atoms with Gasteiger partial charge in [0.1, 0.15) is 0 Å². The highest BCUT2D eigenvalue weighted by Gasteiger charge is 2.19. The molecule has 36 heavy (non-hydrogen) atoms. The number of benzene rings is 6. The molecule has 0 aliphatic rings. The number of nitrogens with zero attached hydrogens (tertiary/aromatic N) is 2. The molecule has 0 spiro atoms. The summed E-state index contributed by atoms with van der Waals surface area (Å²) in [5.74, 6) is 0. The summed E-state index contributed by atoms with van der Waals surface area (Å²) in [5, 5.41) is 16.9. The normalized spacial score (nSPS) is 11.2. The van der Waals surface area contributed by atoms with Crippen molar-refractivity contribution >= 4 is 49.4 Å². The van der Waals surface area contributed by atoms with E-state index in [1.54, 1.807) is 0 Å². The summed E-state index contributed by atoms with van der Waals surface area (Å²) in [7, 11) is 0. The second-order valence-electron chi connectivity index (χ2n) is 9.62. The fourth-order valence-corrected chi connectivity index (χ4v) is 5.49. The third-order valence-corrected chi connectivity index (χ3v) is 7.03.